The van der Waals surface area contributed by atoms with Gasteiger partial charge in [-0.2, -0.15) is 0 Å². The maximum atomic E-state index is 2.00. The molecule has 0 saturated carbocycles. The average Bonchev–Trinajstić information content (AvgIpc) is 1.00. The van der Waals surface area contributed by atoms with E-state index in [2.05, 4.69) is 0 Å². The maximum absolute atomic E-state index is 2.00. The van der Waals surface area contributed by atoms with E-state index in [1.807, 2.05) is 13.8 Å². The van der Waals surface area contributed by atoms with Gasteiger partial charge in [-0.1, -0.05) is 21.3 Å². The van der Waals surface area contributed by atoms with Gasteiger partial charge in [0.05, 0.1) is 0 Å². The van der Waals surface area contributed by atoms with Crippen molar-refractivity contribution < 1.29 is 32.7 Å². The van der Waals surface area contributed by atoms with Crippen molar-refractivity contribution in [1.82, 2.24) is 0 Å². The first kappa shape index (κ1) is 59.8. The molecule has 0 N–H and O–H groups in total. The topological polar surface area (TPSA) is 0 Å². The predicted molar refractivity (Wildman–Crippen MR) is 30.9 cm³/mol. The molecule has 0 fully saturated rings. The van der Waals surface area contributed by atoms with Gasteiger partial charge in [-0.25, -0.2) is 0 Å². The third-order valence-corrected chi connectivity index (χ3v) is 0. The van der Waals surface area contributed by atoms with Crippen LogP contribution in [0, 0.1) is 14.9 Å². The normalized spacial score (nSPS) is 1.00. The van der Waals surface area contributed by atoms with Crippen LogP contribution in [0.15, 0.2) is 0 Å². The molecular formula is C5H16Y-2. The van der Waals surface area contributed by atoms with Crippen molar-refractivity contribution in [2.24, 2.45) is 0 Å². The molecule has 0 unspecified atom stereocenters. The van der Waals surface area contributed by atoms with Crippen LogP contribution in [0.2, 0.25) is 0 Å². The monoisotopic (exact) mass is 165 g/mol. The summed E-state index contributed by atoms with van der Waals surface area (Å²) in [4.78, 5) is 0. The molecule has 0 saturated heterocycles. The van der Waals surface area contributed by atoms with Crippen molar-refractivity contribution in [2.75, 3.05) is 0 Å². The molecule has 1 heteroatoms. The standard InChI is InChI=1S/C2H6.CH4.2CH3.Y/c1-2;;;;/h1-2H3;1H4;2*1H3;/q;;2*-1;. The zero-order chi connectivity index (χ0) is 2.00. The molecule has 0 atom stereocenters. The molecule has 6 heavy (non-hydrogen) atoms. The summed E-state index contributed by atoms with van der Waals surface area (Å²) in [6.45, 7) is 4.00. The number of hydrogen-bond donors (Lipinski definition) is 0. The van der Waals surface area contributed by atoms with E-state index in [0.717, 1.165) is 0 Å². The van der Waals surface area contributed by atoms with Crippen LogP contribution >= 0.6 is 0 Å². The van der Waals surface area contributed by atoms with Crippen LogP contribution in [-0.4, -0.2) is 0 Å². The van der Waals surface area contributed by atoms with Gasteiger partial charge in [0.15, 0.2) is 0 Å². The quantitative estimate of drug-likeness (QED) is 0.484. The average molecular weight is 165 g/mol. The Bertz CT molecular complexity index is 3.90. The summed E-state index contributed by atoms with van der Waals surface area (Å²) in [5.41, 5.74) is 0. The first-order valence-corrected chi connectivity index (χ1v) is 1.00. The van der Waals surface area contributed by atoms with Gasteiger partial charge in [0.25, 0.3) is 0 Å². The molecule has 0 aromatic carbocycles. The molecule has 1 radical (unpaired) electrons. The summed E-state index contributed by atoms with van der Waals surface area (Å²) >= 11 is 0. The van der Waals surface area contributed by atoms with Crippen LogP contribution in [0.4, 0.5) is 0 Å². The van der Waals surface area contributed by atoms with E-state index < -0.39 is 0 Å². The van der Waals surface area contributed by atoms with E-state index in [1.54, 1.807) is 0 Å². The second kappa shape index (κ2) is 130. The molecule has 41 valence electrons. The van der Waals surface area contributed by atoms with Crippen molar-refractivity contribution in [3.63, 3.8) is 0 Å². The third kappa shape index (κ3) is 70.5. The van der Waals surface area contributed by atoms with E-state index in [0.29, 0.717) is 0 Å². The fraction of sp³-hybridized carbons (Fsp3) is 0.600. The summed E-state index contributed by atoms with van der Waals surface area (Å²) in [5, 5.41) is 0. The van der Waals surface area contributed by atoms with E-state index in [9.17, 15) is 0 Å². The maximum Gasteiger partial charge on any atom is 0 e. The molecule has 0 bridgehead atoms. The van der Waals surface area contributed by atoms with Gasteiger partial charge in [-0.05, 0) is 0 Å². The van der Waals surface area contributed by atoms with Gasteiger partial charge in [-0.15, -0.1) is 0 Å². The second-order valence-electron chi connectivity index (χ2n) is 0. The van der Waals surface area contributed by atoms with Gasteiger partial charge in [0, 0.05) is 32.7 Å². The Kier molecular flexibility index (Phi) is 1300. The molecule has 0 nitrogen and oxygen atoms in total. The van der Waals surface area contributed by atoms with Crippen LogP contribution in [0.25, 0.3) is 0 Å². The summed E-state index contributed by atoms with van der Waals surface area (Å²) in [6, 6.07) is 0. The minimum atomic E-state index is 0. The van der Waals surface area contributed by atoms with Crippen LogP contribution in [0.3, 0.4) is 0 Å². The summed E-state index contributed by atoms with van der Waals surface area (Å²) in [5.74, 6) is 0. The molecule has 0 heterocycles. The Morgan fingerprint density at radius 3 is 0.833 bits per heavy atom. The van der Waals surface area contributed by atoms with Crippen molar-refractivity contribution in [1.29, 1.82) is 0 Å². The summed E-state index contributed by atoms with van der Waals surface area (Å²) < 4.78 is 0. The van der Waals surface area contributed by atoms with Crippen molar-refractivity contribution in [2.45, 2.75) is 21.3 Å². The van der Waals surface area contributed by atoms with Gasteiger partial charge in [0.2, 0.25) is 0 Å². The SMILES string of the molecule is C.CC.[CH3-].[CH3-].[Y]. The van der Waals surface area contributed by atoms with Crippen molar-refractivity contribution in [3.05, 3.63) is 14.9 Å². The molecule has 0 amide bonds. The van der Waals surface area contributed by atoms with Crippen molar-refractivity contribution >= 4 is 0 Å². The number of hydrogen-bond acceptors (Lipinski definition) is 0. The summed E-state index contributed by atoms with van der Waals surface area (Å²) in [7, 11) is 0. The van der Waals surface area contributed by atoms with E-state index in [-0.39, 0.29) is 55.0 Å². The minimum Gasteiger partial charge on any atom is -0.358 e. The zero-order valence-corrected chi connectivity index (χ0v) is 7.42. The smallest absolute Gasteiger partial charge is 0 e. The molecule has 0 rings (SSSR count). The molecule has 0 aliphatic heterocycles. The predicted octanol–water partition coefficient (Wildman–Crippen LogP) is 2.56. The van der Waals surface area contributed by atoms with Crippen LogP contribution in [0.5, 0.6) is 0 Å². The second-order valence-corrected chi connectivity index (χ2v) is 0. The first-order chi connectivity index (χ1) is 1.00. The minimum absolute atomic E-state index is 0. The first-order valence-electron chi connectivity index (χ1n) is 1.00. The molecular weight excluding hydrogens is 149 g/mol. The van der Waals surface area contributed by atoms with E-state index in [4.69, 9.17) is 0 Å². The van der Waals surface area contributed by atoms with Crippen LogP contribution < -0.4 is 0 Å². The Morgan fingerprint density at radius 2 is 0.833 bits per heavy atom. The van der Waals surface area contributed by atoms with Crippen LogP contribution in [-0.2, 0) is 32.7 Å². The summed E-state index contributed by atoms with van der Waals surface area (Å²) in [6.07, 6.45) is 0. The fourth-order valence-electron chi connectivity index (χ4n) is 0. The largest absolute Gasteiger partial charge is 0.358 e. The third-order valence-electron chi connectivity index (χ3n) is 0. The van der Waals surface area contributed by atoms with Gasteiger partial charge >= 0.3 is 0 Å². The van der Waals surface area contributed by atoms with Gasteiger partial charge in [-0.3, -0.25) is 0 Å². The van der Waals surface area contributed by atoms with Crippen molar-refractivity contribution in [3.8, 4) is 0 Å². The Balaban J connectivity index is -0.000000000833. The Labute approximate surface area is 68.6 Å². The molecule has 0 aliphatic carbocycles. The number of rotatable bonds is 0. The zero-order valence-electron chi connectivity index (χ0n) is 4.58. The molecule has 0 aromatic heterocycles. The Hall–Kier alpha value is 1.10. The van der Waals surface area contributed by atoms with Gasteiger partial charge in [0.1, 0.15) is 0 Å². The molecule has 0 spiro atoms. The van der Waals surface area contributed by atoms with E-state index in [1.165, 1.54) is 0 Å². The van der Waals surface area contributed by atoms with E-state index >= 15 is 0 Å². The fourth-order valence-corrected chi connectivity index (χ4v) is 0. The molecule has 0 aliphatic rings. The Morgan fingerprint density at radius 1 is 0.833 bits per heavy atom. The van der Waals surface area contributed by atoms with Gasteiger partial charge < -0.3 is 14.9 Å². The van der Waals surface area contributed by atoms with Crippen LogP contribution in [0.1, 0.15) is 21.3 Å². The molecule has 0 aromatic rings.